The van der Waals surface area contributed by atoms with E-state index < -0.39 is 48.3 Å². The number of piperidine rings is 1. The number of likely N-dealkylation sites (tertiary alicyclic amines) is 1. The number of piperazine rings is 1. The van der Waals surface area contributed by atoms with Gasteiger partial charge in [0, 0.05) is 87.1 Å². The van der Waals surface area contributed by atoms with Gasteiger partial charge in [-0.3, -0.25) is 19.3 Å². The first-order valence-electron chi connectivity index (χ1n) is 16.6. The number of alkyl halides is 2. The molecular weight excluding hydrogens is 686 g/mol. The van der Waals surface area contributed by atoms with Crippen molar-refractivity contribution in [2.24, 2.45) is 0 Å². The molecule has 2 aliphatic heterocycles. The summed E-state index contributed by atoms with van der Waals surface area (Å²) in [5.74, 6) is -5.46. The van der Waals surface area contributed by atoms with Crippen molar-refractivity contribution in [3.63, 3.8) is 0 Å². The van der Waals surface area contributed by atoms with Gasteiger partial charge < -0.3 is 29.2 Å². The van der Waals surface area contributed by atoms with E-state index in [-0.39, 0.29) is 55.1 Å². The van der Waals surface area contributed by atoms with Gasteiger partial charge in [-0.05, 0) is 29.3 Å². The van der Waals surface area contributed by atoms with Crippen molar-refractivity contribution < 1.29 is 36.6 Å². The molecule has 1 aromatic carbocycles. The molecule has 4 aromatic heterocycles. The van der Waals surface area contributed by atoms with E-state index in [4.69, 9.17) is 9.47 Å². The summed E-state index contributed by atoms with van der Waals surface area (Å²) < 4.78 is 73.3. The van der Waals surface area contributed by atoms with Crippen molar-refractivity contribution in [2.75, 3.05) is 58.4 Å². The number of pyridine rings is 2. The van der Waals surface area contributed by atoms with Crippen LogP contribution in [0.15, 0.2) is 55.2 Å². The summed E-state index contributed by atoms with van der Waals surface area (Å²) in [7, 11) is 2.89. The number of carbonyl (C=O) groups excluding carboxylic acids is 2. The topological polar surface area (TPSA) is 135 Å². The number of rotatable bonds is 9. The molecule has 5 aromatic rings. The Balaban J connectivity index is 1.21. The number of nitrogens with one attached hydrogen (secondary N) is 1. The fourth-order valence-electron chi connectivity index (χ4n) is 6.99. The van der Waals surface area contributed by atoms with Gasteiger partial charge in [0.2, 0.25) is 5.91 Å². The maximum atomic E-state index is 16.7. The molecule has 1 unspecified atom stereocenters. The van der Waals surface area contributed by atoms with Crippen LogP contribution in [0.25, 0.3) is 22.0 Å². The Morgan fingerprint density at radius 1 is 0.981 bits per heavy atom. The van der Waals surface area contributed by atoms with Gasteiger partial charge in [0.05, 0.1) is 45.2 Å². The Kier molecular flexibility index (Phi) is 9.42. The number of hydrogen-bond donors (Lipinski definition) is 1. The number of ether oxygens (including phenoxy) is 2. The third kappa shape index (κ3) is 6.81. The quantitative estimate of drug-likeness (QED) is 0.218. The first-order chi connectivity index (χ1) is 25.0. The normalized spacial score (nSPS) is 17.4. The van der Waals surface area contributed by atoms with E-state index in [2.05, 4.69) is 25.3 Å². The molecule has 0 aliphatic carbocycles. The molecule has 0 spiro atoms. The lowest BCUT2D eigenvalue weighted by molar-refractivity contribution is -0.143. The molecule has 2 fully saturated rings. The molecule has 0 saturated carbocycles. The number of methoxy groups -OCH3 is 2. The zero-order chi connectivity index (χ0) is 36.6. The van der Waals surface area contributed by atoms with E-state index in [9.17, 15) is 14.0 Å². The highest BCUT2D eigenvalue weighted by molar-refractivity contribution is 6.04. The molecule has 1 atom stereocenters. The monoisotopic (exact) mass is 721 g/mol. The Bertz CT molecular complexity index is 2100. The number of anilines is 1. The van der Waals surface area contributed by atoms with E-state index >= 15 is 13.2 Å². The van der Waals surface area contributed by atoms with Crippen molar-refractivity contribution in [2.45, 2.75) is 31.2 Å². The van der Waals surface area contributed by atoms with Crippen LogP contribution in [0, 0.1) is 11.6 Å². The molecule has 6 heterocycles. The number of nitrogens with zero attached hydrogens (tertiary/aromatic N) is 8. The minimum atomic E-state index is -3.29. The molecule has 13 nitrogen and oxygen atoms in total. The van der Waals surface area contributed by atoms with Crippen LogP contribution < -0.4 is 14.4 Å². The number of carbonyl (C=O) groups is 2. The van der Waals surface area contributed by atoms with Crippen molar-refractivity contribution in [1.82, 2.24) is 39.7 Å². The molecule has 0 bridgehead atoms. The molecular formula is C35H35F4N9O4. The van der Waals surface area contributed by atoms with Crippen molar-refractivity contribution in [3.05, 3.63) is 78.1 Å². The molecule has 0 radical (unpaired) electrons. The van der Waals surface area contributed by atoms with Gasteiger partial charge in [-0.2, -0.15) is 0 Å². The standard InChI is InChI=1S/C35H35F4N9O4/c1-51-28-3-5-40-18-26(28)24-14-23(21-16-35(38,39)20-47(19-21)30(49)4-7-48-8-6-42-44-48)31(37)32-25(24)15-27(43-32)34(50)46-11-9-45(10-12-46)33-29(52-2)13-22(36)17-41-33/h3,5-6,8,13-15,17-18,21,43H,4,7,9-12,16,19-20H2,1-2H3. The smallest absolute Gasteiger partial charge is 0.270 e. The fraction of sp³-hybridized carbons (Fsp3) is 0.371. The molecule has 2 amide bonds. The summed E-state index contributed by atoms with van der Waals surface area (Å²) in [5.41, 5.74) is 0.909. The van der Waals surface area contributed by atoms with Crippen LogP contribution in [-0.2, 0) is 11.3 Å². The number of H-pyrrole nitrogens is 1. The predicted molar refractivity (Wildman–Crippen MR) is 180 cm³/mol. The van der Waals surface area contributed by atoms with E-state index in [1.807, 2.05) is 4.90 Å². The molecule has 7 rings (SSSR count). The summed E-state index contributed by atoms with van der Waals surface area (Å²) in [6, 6.07) is 5.90. The summed E-state index contributed by atoms with van der Waals surface area (Å²) in [6.07, 6.45) is 6.40. The second kappa shape index (κ2) is 14.1. The molecule has 2 aliphatic rings. The molecule has 17 heteroatoms. The maximum Gasteiger partial charge on any atom is 0.270 e. The second-order valence-corrected chi connectivity index (χ2v) is 12.8. The van der Waals surface area contributed by atoms with Crippen LogP contribution in [0.5, 0.6) is 11.5 Å². The number of halogens is 4. The Labute approximate surface area is 295 Å². The predicted octanol–water partition coefficient (Wildman–Crippen LogP) is 4.52. The number of amides is 2. The highest BCUT2D eigenvalue weighted by atomic mass is 19.3. The van der Waals surface area contributed by atoms with Crippen molar-refractivity contribution >= 4 is 28.5 Å². The van der Waals surface area contributed by atoms with Gasteiger partial charge in [-0.25, -0.2) is 22.5 Å². The van der Waals surface area contributed by atoms with Gasteiger partial charge in [0.25, 0.3) is 11.8 Å². The number of aryl methyl sites for hydroxylation is 1. The third-order valence-electron chi connectivity index (χ3n) is 9.52. The first-order valence-corrected chi connectivity index (χ1v) is 16.6. The average molecular weight is 722 g/mol. The minimum absolute atomic E-state index is 0.0305. The fourth-order valence-corrected chi connectivity index (χ4v) is 6.99. The van der Waals surface area contributed by atoms with Crippen molar-refractivity contribution in [1.29, 1.82) is 0 Å². The Hall–Kier alpha value is -5.74. The van der Waals surface area contributed by atoms with Gasteiger partial charge in [-0.1, -0.05) is 5.21 Å². The van der Waals surface area contributed by atoms with E-state index in [1.54, 1.807) is 23.2 Å². The summed E-state index contributed by atoms with van der Waals surface area (Å²) >= 11 is 0. The summed E-state index contributed by atoms with van der Waals surface area (Å²) in [5, 5.41) is 7.85. The largest absolute Gasteiger partial charge is 0.496 e. The highest BCUT2D eigenvalue weighted by Gasteiger charge is 2.43. The first kappa shape index (κ1) is 34.7. The minimum Gasteiger partial charge on any atom is -0.496 e. The van der Waals surface area contributed by atoms with Gasteiger partial charge in [0.15, 0.2) is 17.4 Å². The number of benzene rings is 1. The summed E-state index contributed by atoms with van der Waals surface area (Å²) in [6.45, 7) is 0.551. The number of fused-ring (bicyclic) bond motifs is 1. The SMILES string of the molecule is COc1ccncc1-c1cc(C2CN(C(=O)CCn3ccnn3)CC(F)(F)C2)c(F)c2[nH]c(C(=O)N3CCN(c4ncc(F)cc4OC)CC3)cc12. The van der Waals surface area contributed by atoms with Crippen LogP contribution >= 0.6 is 0 Å². The Morgan fingerprint density at radius 3 is 2.50 bits per heavy atom. The zero-order valence-corrected chi connectivity index (χ0v) is 28.4. The zero-order valence-electron chi connectivity index (χ0n) is 28.4. The lowest BCUT2D eigenvalue weighted by Gasteiger charge is -2.38. The van der Waals surface area contributed by atoms with Gasteiger partial charge in [0.1, 0.15) is 17.3 Å². The maximum absolute atomic E-state index is 16.7. The van der Waals surface area contributed by atoms with Crippen LogP contribution in [0.2, 0.25) is 0 Å². The van der Waals surface area contributed by atoms with Gasteiger partial charge in [-0.15, -0.1) is 5.10 Å². The van der Waals surface area contributed by atoms with Crippen LogP contribution in [0.3, 0.4) is 0 Å². The van der Waals surface area contributed by atoms with Crippen molar-refractivity contribution in [3.8, 4) is 22.6 Å². The van der Waals surface area contributed by atoms with E-state index in [0.717, 1.165) is 11.1 Å². The number of hydrogen-bond acceptors (Lipinski definition) is 9. The second-order valence-electron chi connectivity index (χ2n) is 12.8. The van der Waals surface area contributed by atoms with Crippen LogP contribution in [0.4, 0.5) is 23.4 Å². The number of aromatic nitrogens is 6. The molecule has 272 valence electrons. The van der Waals surface area contributed by atoms with E-state index in [1.165, 1.54) is 49.6 Å². The van der Waals surface area contributed by atoms with Crippen LogP contribution in [-0.4, -0.2) is 111 Å². The molecule has 2 saturated heterocycles. The summed E-state index contributed by atoms with van der Waals surface area (Å²) in [4.78, 5) is 42.9. The number of aromatic amines is 1. The lowest BCUT2D eigenvalue weighted by atomic mass is 9.85. The van der Waals surface area contributed by atoms with Crippen LogP contribution in [0.1, 0.15) is 34.8 Å². The molecule has 1 N–H and O–H groups in total. The third-order valence-corrected chi connectivity index (χ3v) is 9.52. The van der Waals surface area contributed by atoms with E-state index in [0.29, 0.717) is 41.2 Å². The molecule has 52 heavy (non-hydrogen) atoms. The Morgan fingerprint density at radius 2 is 1.77 bits per heavy atom. The lowest BCUT2D eigenvalue weighted by Crippen LogP contribution is -2.49. The highest BCUT2D eigenvalue weighted by Crippen LogP contribution is 2.43. The average Bonchev–Trinajstić information content (AvgIpc) is 3.84. The van der Waals surface area contributed by atoms with Gasteiger partial charge >= 0.3 is 0 Å².